The first-order valence-electron chi connectivity index (χ1n) is 7.05. The zero-order valence-corrected chi connectivity index (χ0v) is 13.5. The molecule has 1 fully saturated rings. The van der Waals surface area contributed by atoms with Gasteiger partial charge in [-0.1, -0.05) is 28.1 Å². The van der Waals surface area contributed by atoms with E-state index in [2.05, 4.69) is 69.3 Å². The lowest BCUT2D eigenvalue weighted by Crippen LogP contribution is -2.46. The molecule has 1 aromatic rings. The number of benzene rings is 1. The van der Waals surface area contributed by atoms with E-state index in [9.17, 15) is 0 Å². The summed E-state index contributed by atoms with van der Waals surface area (Å²) in [7, 11) is 2.22. The molecule has 1 saturated heterocycles. The van der Waals surface area contributed by atoms with Crippen LogP contribution in [0.4, 0.5) is 0 Å². The first-order chi connectivity index (χ1) is 9.16. The Labute approximate surface area is 125 Å². The number of halogens is 1. The summed E-state index contributed by atoms with van der Waals surface area (Å²) in [6.07, 6.45) is 0. The topological polar surface area (TPSA) is 18.5 Å². The molecule has 1 heterocycles. The van der Waals surface area contributed by atoms with E-state index in [1.54, 1.807) is 0 Å². The maximum Gasteiger partial charge on any atom is 0.0317 e. The predicted molar refractivity (Wildman–Crippen MR) is 84.5 cm³/mol. The van der Waals surface area contributed by atoms with Gasteiger partial charge in [0, 0.05) is 49.8 Å². The van der Waals surface area contributed by atoms with Crippen LogP contribution >= 0.6 is 15.9 Å². The summed E-state index contributed by atoms with van der Waals surface area (Å²) in [5.41, 5.74) is 1.37. The molecular weight excluding hydrogens is 302 g/mol. The second-order valence-corrected chi connectivity index (χ2v) is 6.22. The molecule has 1 unspecified atom stereocenters. The Morgan fingerprint density at radius 1 is 1.37 bits per heavy atom. The van der Waals surface area contributed by atoms with E-state index >= 15 is 0 Å². The van der Waals surface area contributed by atoms with Gasteiger partial charge in [0.1, 0.15) is 0 Å². The molecular formula is C15H24BrN3. The second-order valence-electron chi connectivity index (χ2n) is 5.30. The third-order valence-corrected chi connectivity index (χ3v) is 4.46. The lowest BCUT2D eigenvalue weighted by atomic mass is 10.1. The van der Waals surface area contributed by atoms with Crippen LogP contribution in [0, 0.1) is 0 Å². The molecule has 4 heteroatoms. The fraction of sp³-hybridized carbons (Fsp3) is 0.600. The summed E-state index contributed by atoms with van der Waals surface area (Å²) in [6.45, 7) is 9.18. The number of hydrogen-bond donors (Lipinski definition) is 1. The van der Waals surface area contributed by atoms with Gasteiger partial charge in [0.05, 0.1) is 0 Å². The Morgan fingerprint density at radius 3 is 2.79 bits per heavy atom. The number of rotatable bonds is 5. The molecule has 2 rings (SSSR count). The van der Waals surface area contributed by atoms with Crippen LogP contribution in [0.5, 0.6) is 0 Å². The van der Waals surface area contributed by atoms with Gasteiger partial charge in [-0.15, -0.1) is 0 Å². The highest BCUT2D eigenvalue weighted by atomic mass is 79.9. The Morgan fingerprint density at radius 2 is 2.11 bits per heavy atom. The van der Waals surface area contributed by atoms with Crippen molar-refractivity contribution in [3.05, 3.63) is 34.3 Å². The van der Waals surface area contributed by atoms with Crippen LogP contribution in [0.25, 0.3) is 0 Å². The number of nitrogens with one attached hydrogen (secondary N) is 1. The number of piperazine rings is 1. The summed E-state index contributed by atoms with van der Waals surface area (Å²) in [6, 6.07) is 9.07. The van der Waals surface area contributed by atoms with Gasteiger partial charge in [-0.05, 0) is 31.7 Å². The summed E-state index contributed by atoms with van der Waals surface area (Å²) in [5.74, 6) is 0. The highest BCUT2D eigenvalue weighted by Crippen LogP contribution is 2.21. The van der Waals surface area contributed by atoms with E-state index in [1.807, 2.05) is 0 Å². The monoisotopic (exact) mass is 325 g/mol. The van der Waals surface area contributed by atoms with Crippen molar-refractivity contribution in [2.75, 3.05) is 46.3 Å². The maximum absolute atomic E-state index is 3.55. The van der Waals surface area contributed by atoms with Crippen molar-refractivity contribution in [1.29, 1.82) is 0 Å². The average molecular weight is 326 g/mol. The summed E-state index contributed by atoms with van der Waals surface area (Å²) in [4.78, 5) is 4.98. The second kappa shape index (κ2) is 7.39. The molecule has 0 bridgehead atoms. The van der Waals surface area contributed by atoms with Crippen molar-refractivity contribution in [2.24, 2.45) is 0 Å². The van der Waals surface area contributed by atoms with Crippen LogP contribution in [0.1, 0.15) is 18.5 Å². The zero-order valence-electron chi connectivity index (χ0n) is 11.9. The Kier molecular flexibility index (Phi) is 5.82. The molecule has 1 aromatic carbocycles. The van der Waals surface area contributed by atoms with Crippen molar-refractivity contribution >= 4 is 15.9 Å². The highest BCUT2D eigenvalue weighted by molar-refractivity contribution is 9.10. The van der Waals surface area contributed by atoms with Gasteiger partial charge in [-0.25, -0.2) is 0 Å². The van der Waals surface area contributed by atoms with Gasteiger partial charge in [0.15, 0.2) is 0 Å². The van der Waals surface area contributed by atoms with E-state index in [-0.39, 0.29) is 0 Å². The lowest BCUT2D eigenvalue weighted by Gasteiger charge is -2.31. The summed E-state index contributed by atoms with van der Waals surface area (Å²) in [5, 5.41) is 3.40. The number of nitrogens with zero attached hydrogens (tertiary/aromatic N) is 2. The Balaban J connectivity index is 1.83. The van der Waals surface area contributed by atoms with Crippen molar-refractivity contribution < 1.29 is 0 Å². The van der Waals surface area contributed by atoms with Crippen LogP contribution < -0.4 is 5.32 Å². The third-order valence-electron chi connectivity index (χ3n) is 3.97. The summed E-state index contributed by atoms with van der Waals surface area (Å²) < 4.78 is 1.16. The molecule has 0 aliphatic carbocycles. The lowest BCUT2D eigenvalue weighted by molar-refractivity contribution is 0.183. The van der Waals surface area contributed by atoms with E-state index in [0.29, 0.717) is 6.04 Å². The predicted octanol–water partition coefficient (Wildman–Crippen LogP) is 2.35. The van der Waals surface area contributed by atoms with Crippen LogP contribution in [0.15, 0.2) is 28.7 Å². The van der Waals surface area contributed by atoms with Crippen LogP contribution in [-0.4, -0.2) is 56.1 Å². The minimum atomic E-state index is 0.459. The van der Waals surface area contributed by atoms with Gasteiger partial charge in [-0.3, -0.25) is 9.80 Å². The molecule has 3 nitrogen and oxygen atoms in total. The van der Waals surface area contributed by atoms with Gasteiger partial charge >= 0.3 is 0 Å². The molecule has 0 spiro atoms. The fourth-order valence-corrected chi connectivity index (χ4v) is 2.87. The quantitative estimate of drug-likeness (QED) is 0.896. The van der Waals surface area contributed by atoms with E-state index in [1.165, 1.54) is 18.7 Å². The van der Waals surface area contributed by atoms with Crippen molar-refractivity contribution in [3.63, 3.8) is 0 Å². The Bertz CT molecular complexity index is 391. The van der Waals surface area contributed by atoms with Gasteiger partial charge < -0.3 is 5.32 Å². The molecule has 0 aromatic heterocycles. The number of likely N-dealkylation sites (N-methyl/N-ethyl adjacent to an activating group) is 1. The van der Waals surface area contributed by atoms with Crippen molar-refractivity contribution in [2.45, 2.75) is 13.0 Å². The van der Waals surface area contributed by atoms with Gasteiger partial charge in [0.2, 0.25) is 0 Å². The first-order valence-corrected chi connectivity index (χ1v) is 7.85. The smallest absolute Gasteiger partial charge is 0.0317 e. The van der Waals surface area contributed by atoms with E-state index < -0.39 is 0 Å². The highest BCUT2D eigenvalue weighted by Gasteiger charge is 2.14. The molecule has 1 atom stereocenters. The minimum absolute atomic E-state index is 0.459. The largest absolute Gasteiger partial charge is 0.314 e. The zero-order chi connectivity index (χ0) is 13.7. The minimum Gasteiger partial charge on any atom is -0.314 e. The molecule has 0 amide bonds. The SMILES string of the molecule is CC(c1cccc(Br)c1)N(C)CCN1CCNCC1. The van der Waals surface area contributed by atoms with Gasteiger partial charge in [-0.2, -0.15) is 0 Å². The third kappa shape index (κ3) is 4.56. The van der Waals surface area contributed by atoms with Crippen LogP contribution in [-0.2, 0) is 0 Å². The maximum atomic E-state index is 3.55. The molecule has 1 aliphatic rings. The number of hydrogen-bond acceptors (Lipinski definition) is 3. The van der Waals surface area contributed by atoms with Gasteiger partial charge in [0.25, 0.3) is 0 Å². The fourth-order valence-electron chi connectivity index (χ4n) is 2.45. The van der Waals surface area contributed by atoms with Crippen molar-refractivity contribution in [3.8, 4) is 0 Å². The average Bonchev–Trinajstić information content (AvgIpc) is 2.45. The molecule has 0 saturated carbocycles. The van der Waals surface area contributed by atoms with Crippen molar-refractivity contribution in [1.82, 2.24) is 15.1 Å². The molecule has 1 aliphatic heterocycles. The standard InChI is InChI=1S/C15H24BrN3/c1-13(14-4-3-5-15(16)12-14)18(2)10-11-19-8-6-17-7-9-19/h3-5,12-13,17H,6-11H2,1-2H3. The molecule has 106 valence electrons. The molecule has 19 heavy (non-hydrogen) atoms. The first kappa shape index (κ1) is 15.0. The van der Waals surface area contributed by atoms with Crippen LogP contribution in [0.2, 0.25) is 0 Å². The van der Waals surface area contributed by atoms with E-state index in [4.69, 9.17) is 0 Å². The molecule has 0 radical (unpaired) electrons. The normalized spacial score (nSPS) is 18.7. The van der Waals surface area contributed by atoms with E-state index in [0.717, 1.165) is 30.7 Å². The summed E-state index contributed by atoms with van der Waals surface area (Å²) >= 11 is 3.55. The van der Waals surface area contributed by atoms with Crippen LogP contribution in [0.3, 0.4) is 0 Å². The Hall–Kier alpha value is -0.420. The molecule has 1 N–H and O–H groups in total.